The fourth-order valence-electron chi connectivity index (χ4n) is 1.37. The van der Waals surface area contributed by atoms with Crippen molar-refractivity contribution in [3.05, 3.63) is 33.4 Å². The molecule has 4 nitrogen and oxygen atoms in total. The molecular weight excluding hydrogens is 182 g/mol. The molecule has 1 aromatic rings. The standard InChI is InChI=1S/C10H13NO3/c1-6(2)8-4-7(3)5-9(10(8)12)11(13)14/h4-6,12H,1-3H3. The Morgan fingerprint density at radius 1 is 1.43 bits per heavy atom. The molecule has 0 saturated carbocycles. The number of benzene rings is 1. The van der Waals surface area contributed by atoms with Crippen LogP contribution in [0.1, 0.15) is 30.9 Å². The Labute approximate surface area is 82.3 Å². The highest BCUT2D eigenvalue weighted by molar-refractivity contribution is 5.54. The average Bonchev–Trinajstić information content (AvgIpc) is 2.07. The minimum atomic E-state index is -0.561. The van der Waals surface area contributed by atoms with Gasteiger partial charge in [-0.3, -0.25) is 10.1 Å². The number of rotatable bonds is 2. The van der Waals surface area contributed by atoms with E-state index < -0.39 is 4.92 Å². The number of phenolic OH excluding ortho intramolecular Hbond substituents is 1. The molecule has 0 aliphatic heterocycles. The number of nitro benzene ring substituents is 1. The first-order valence-electron chi connectivity index (χ1n) is 4.41. The fourth-order valence-corrected chi connectivity index (χ4v) is 1.37. The van der Waals surface area contributed by atoms with Gasteiger partial charge in [0.15, 0.2) is 5.75 Å². The second-order valence-electron chi connectivity index (χ2n) is 3.63. The molecule has 1 N–H and O–H groups in total. The minimum absolute atomic E-state index is 0.0774. The molecule has 1 rings (SSSR count). The lowest BCUT2D eigenvalue weighted by Crippen LogP contribution is -1.95. The van der Waals surface area contributed by atoms with Crippen LogP contribution in [0.4, 0.5) is 5.69 Å². The molecule has 0 aliphatic carbocycles. The maximum atomic E-state index is 10.6. The number of aryl methyl sites for hydroxylation is 1. The van der Waals surface area contributed by atoms with E-state index in [4.69, 9.17) is 0 Å². The summed E-state index contributed by atoms with van der Waals surface area (Å²) in [4.78, 5) is 10.0. The van der Waals surface area contributed by atoms with Crippen LogP contribution in [0, 0.1) is 17.0 Å². The molecule has 0 saturated heterocycles. The molecule has 0 fully saturated rings. The molecule has 0 amide bonds. The van der Waals surface area contributed by atoms with Crippen molar-refractivity contribution >= 4 is 5.69 Å². The molecule has 0 spiro atoms. The maximum absolute atomic E-state index is 10.6. The van der Waals surface area contributed by atoms with Crippen molar-refractivity contribution in [3.8, 4) is 5.75 Å². The summed E-state index contributed by atoms with van der Waals surface area (Å²) in [7, 11) is 0. The second-order valence-corrected chi connectivity index (χ2v) is 3.63. The number of hydrogen-bond acceptors (Lipinski definition) is 3. The molecule has 14 heavy (non-hydrogen) atoms. The molecule has 0 atom stereocenters. The van der Waals surface area contributed by atoms with Crippen molar-refractivity contribution in [2.45, 2.75) is 26.7 Å². The summed E-state index contributed by atoms with van der Waals surface area (Å²) in [6.07, 6.45) is 0. The van der Waals surface area contributed by atoms with Crippen molar-refractivity contribution in [2.24, 2.45) is 0 Å². The van der Waals surface area contributed by atoms with Crippen molar-refractivity contribution < 1.29 is 10.0 Å². The highest BCUT2D eigenvalue weighted by Gasteiger charge is 2.19. The van der Waals surface area contributed by atoms with E-state index >= 15 is 0 Å². The Hall–Kier alpha value is -1.58. The van der Waals surface area contributed by atoms with Crippen LogP contribution in [0.25, 0.3) is 0 Å². The van der Waals surface area contributed by atoms with E-state index in [0.29, 0.717) is 5.56 Å². The molecule has 0 aliphatic rings. The van der Waals surface area contributed by atoms with Gasteiger partial charge in [0.1, 0.15) is 0 Å². The van der Waals surface area contributed by atoms with Gasteiger partial charge < -0.3 is 5.11 Å². The minimum Gasteiger partial charge on any atom is -0.502 e. The molecule has 0 radical (unpaired) electrons. The first-order chi connectivity index (χ1) is 6.43. The predicted molar refractivity (Wildman–Crippen MR) is 53.6 cm³/mol. The van der Waals surface area contributed by atoms with Gasteiger partial charge in [-0.05, 0) is 18.4 Å². The molecule has 4 heteroatoms. The molecular formula is C10H13NO3. The Balaban J connectivity index is 3.40. The van der Waals surface area contributed by atoms with Crippen LogP contribution >= 0.6 is 0 Å². The van der Waals surface area contributed by atoms with Gasteiger partial charge in [-0.2, -0.15) is 0 Å². The highest BCUT2D eigenvalue weighted by Crippen LogP contribution is 2.35. The smallest absolute Gasteiger partial charge is 0.311 e. The first-order valence-corrected chi connectivity index (χ1v) is 4.41. The third-order valence-corrected chi connectivity index (χ3v) is 2.08. The van der Waals surface area contributed by atoms with Gasteiger partial charge in [0, 0.05) is 11.6 Å². The number of nitro groups is 1. The lowest BCUT2D eigenvalue weighted by atomic mass is 9.99. The fraction of sp³-hybridized carbons (Fsp3) is 0.400. The molecule has 0 unspecified atom stereocenters. The van der Waals surface area contributed by atoms with E-state index in [1.807, 2.05) is 13.8 Å². The number of phenols is 1. The zero-order valence-electron chi connectivity index (χ0n) is 8.44. The molecule has 0 heterocycles. The zero-order valence-corrected chi connectivity index (χ0v) is 8.44. The van der Waals surface area contributed by atoms with Gasteiger partial charge in [-0.15, -0.1) is 0 Å². The van der Waals surface area contributed by atoms with Crippen LogP contribution in [0.3, 0.4) is 0 Å². The van der Waals surface area contributed by atoms with Gasteiger partial charge in [-0.1, -0.05) is 19.9 Å². The summed E-state index contributed by atoms with van der Waals surface area (Å²) in [5, 5.41) is 20.2. The Morgan fingerprint density at radius 3 is 2.43 bits per heavy atom. The summed E-state index contributed by atoms with van der Waals surface area (Å²) in [5.41, 5.74) is 1.20. The second kappa shape index (κ2) is 3.65. The lowest BCUT2D eigenvalue weighted by molar-refractivity contribution is -0.386. The molecule has 76 valence electrons. The number of hydrogen-bond donors (Lipinski definition) is 1. The van der Waals surface area contributed by atoms with E-state index in [-0.39, 0.29) is 17.4 Å². The van der Waals surface area contributed by atoms with Crippen LogP contribution in [-0.2, 0) is 0 Å². The Kier molecular flexibility index (Phi) is 2.74. The van der Waals surface area contributed by atoms with E-state index in [1.165, 1.54) is 6.07 Å². The SMILES string of the molecule is Cc1cc(C(C)C)c(O)c([N+](=O)[O-])c1. The van der Waals surface area contributed by atoms with Crippen molar-refractivity contribution in [1.29, 1.82) is 0 Å². The van der Waals surface area contributed by atoms with Crippen LogP contribution < -0.4 is 0 Å². The van der Waals surface area contributed by atoms with E-state index in [9.17, 15) is 15.2 Å². The summed E-state index contributed by atoms with van der Waals surface area (Å²) in [6, 6.07) is 3.15. The van der Waals surface area contributed by atoms with E-state index in [1.54, 1.807) is 13.0 Å². The van der Waals surface area contributed by atoms with Crippen molar-refractivity contribution in [3.63, 3.8) is 0 Å². The van der Waals surface area contributed by atoms with Crippen LogP contribution in [-0.4, -0.2) is 10.0 Å². The van der Waals surface area contributed by atoms with Crippen molar-refractivity contribution in [1.82, 2.24) is 0 Å². The number of nitrogens with zero attached hydrogens (tertiary/aromatic N) is 1. The van der Waals surface area contributed by atoms with Gasteiger partial charge >= 0.3 is 5.69 Å². The Morgan fingerprint density at radius 2 is 2.00 bits per heavy atom. The topological polar surface area (TPSA) is 63.4 Å². The summed E-state index contributed by atoms with van der Waals surface area (Å²) < 4.78 is 0. The average molecular weight is 195 g/mol. The lowest BCUT2D eigenvalue weighted by Gasteiger charge is -2.09. The monoisotopic (exact) mass is 195 g/mol. The van der Waals surface area contributed by atoms with Crippen LogP contribution in [0.2, 0.25) is 0 Å². The Bertz CT molecular complexity index is 372. The first kappa shape index (κ1) is 10.5. The predicted octanol–water partition coefficient (Wildman–Crippen LogP) is 2.73. The zero-order chi connectivity index (χ0) is 10.9. The van der Waals surface area contributed by atoms with E-state index in [0.717, 1.165) is 5.56 Å². The largest absolute Gasteiger partial charge is 0.502 e. The highest BCUT2D eigenvalue weighted by atomic mass is 16.6. The number of aromatic hydroxyl groups is 1. The van der Waals surface area contributed by atoms with Crippen molar-refractivity contribution in [2.75, 3.05) is 0 Å². The van der Waals surface area contributed by atoms with E-state index in [2.05, 4.69) is 0 Å². The summed E-state index contributed by atoms with van der Waals surface area (Å²) in [5.74, 6) is -0.135. The third kappa shape index (κ3) is 1.84. The van der Waals surface area contributed by atoms with Crippen LogP contribution in [0.15, 0.2) is 12.1 Å². The van der Waals surface area contributed by atoms with Gasteiger partial charge in [-0.25, -0.2) is 0 Å². The normalized spacial score (nSPS) is 10.6. The quantitative estimate of drug-likeness (QED) is 0.583. The maximum Gasteiger partial charge on any atom is 0.311 e. The van der Waals surface area contributed by atoms with Crippen LogP contribution in [0.5, 0.6) is 5.75 Å². The molecule has 0 bridgehead atoms. The molecule has 0 aromatic heterocycles. The van der Waals surface area contributed by atoms with Gasteiger partial charge in [0.25, 0.3) is 0 Å². The third-order valence-electron chi connectivity index (χ3n) is 2.08. The van der Waals surface area contributed by atoms with Gasteiger partial charge in [0.2, 0.25) is 0 Å². The molecule has 1 aromatic carbocycles. The summed E-state index contributed by atoms with van der Waals surface area (Å²) >= 11 is 0. The summed E-state index contributed by atoms with van der Waals surface area (Å²) in [6.45, 7) is 5.55. The van der Waals surface area contributed by atoms with Gasteiger partial charge in [0.05, 0.1) is 4.92 Å².